The van der Waals surface area contributed by atoms with E-state index in [0.717, 1.165) is 10.8 Å². The van der Waals surface area contributed by atoms with Gasteiger partial charge in [0.1, 0.15) is 11.4 Å². The minimum Gasteiger partial charge on any atom is -0.496 e. The number of carbonyl (C=O) groups excluding carboxylic acids is 1. The molecule has 0 bridgehead atoms. The average Bonchev–Trinajstić information content (AvgIpc) is 3.24. The van der Waals surface area contributed by atoms with Gasteiger partial charge in [-0.25, -0.2) is 0 Å². The summed E-state index contributed by atoms with van der Waals surface area (Å²) in [6.45, 7) is 3.87. The summed E-state index contributed by atoms with van der Waals surface area (Å²) in [7, 11) is 1.62. The van der Waals surface area contributed by atoms with Crippen LogP contribution in [0.5, 0.6) is 5.75 Å². The maximum absolute atomic E-state index is 12.7. The van der Waals surface area contributed by atoms with Gasteiger partial charge in [0.2, 0.25) is 0 Å². The molecule has 1 aliphatic rings. The number of rotatable bonds is 8. The van der Waals surface area contributed by atoms with E-state index in [2.05, 4.69) is 32.3 Å². The molecule has 0 radical (unpaired) electrons. The molecule has 1 heterocycles. The minimum absolute atomic E-state index is 0.0244. The maximum atomic E-state index is 12.7. The predicted octanol–water partition coefficient (Wildman–Crippen LogP) is 5.10. The number of carboxylic acids is 1. The largest absolute Gasteiger partial charge is 0.496 e. The van der Waals surface area contributed by atoms with Gasteiger partial charge < -0.3 is 15.2 Å². The molecule has 0 saturated heterocycles. The van der Waals surface area contributed by atoms with Crippen molar-refractivity contribution in [2.24, 2.45) is 11.3 Å². The highest BCUT2D eigenvalue weighted by Crippen LogP contribution is 2.44. The Balaban J connectivity index is 1.87. The molecule has 162 valence electrons. The molecule has 1 aliphatic carbocycles. The summed E-state index contributed by atoms with van der Waals surface area (Å²) < 4.78 is 5.54. The number of aromatic nitrogens is 1. The standard InChI is InChI=1S/C23H29BrN2O4/c1-23(2,11-20(27)28)13-26-22(29)18-10-16-17(12-25-18)15(8-9-19(16)30-3)21(24)14-6-4-5-7-14/h8-10,12,14,21H,4-7,11,13H2,1-3H3,(H,26,29)(H,27,28). The molecular weight excluding hydrogens is 448 g/mol. The number of alkyl halides is 1. The summed E-state index contributed by atoms with van der Waals surface area (Å²) >= 11 is 3.90. The number of ether oxygens (including phenoxy) is 1. The molecule has 6 nitrogen and oxygen atoms in total. The zero-order chi connectivity index (χ0) is 21.9. The Morgan fingerprint density at radius 3 is 2.63 bits per heavy atom. The number of halogens is 1. The van der Waals surface area contributed by atoms with Crippen LogP contribution in [0.3, 0.4) is 0 Å². The van der Waals surface area contributed by atoms with Crippen LogP contribution in [-0.4, -0.2) is 35.6 Å². The Labute approximate surface area is 185 Å². The van der Waals surface area contributed by atoms with Gasteiger partial charge in [-0.15, -0.1) is 0 Å². The molecule has 3 rings (SSSR count). The van der Waals surface area contributed by atoms with E-state index in [1.165, 1.54) is 31.2 Å². The van der Waals surface area contributed by atoms with Crippen molar-refractivity contribution in [3.8, 4) is 5.75 Å². The van der Waals surface area contributed by atoms with Crippen molar-refractivity contribution >= 4 is 38.6 Å². The van der Waals surface area contributed by atoms with E-state index in [-0.39, 0.29) is 29.4 Å². The number of aliphatic carboxylic acids is 1. The number of fused-ring (bicyclic) bond motifs is 1. The number of nitrogens with one attached hydrogen (secondary N) is 1. The first kappa shape index (κ1) is 22.5. The van der Waals surface area contributed by atoms with Gasteiger partial charge in [0.25, 0.3) is 5.91 Å². The minimum atomic E-state index is -0.887. The second-order valence-corrected chi connectivity index (χ2v) is 9.82. The molecule has 1 aromatic heterocycles. The van der Waals surface area contributed by atoms with E-state index >= 15 is 0 Å². The third-order valence-electron chi connectivity index (χ3n) is 5.82. The molecule has 1 amide bonds. The third-order valence-corrected chi connectivity index (χ3v) is 7.06. The SMILES string of the molecule is COc1ccc(C(Br)C2CCCC2)c2cnc(C(=O)NCC(C)(C)CC(=O)O)cc12. The number of amides is 1. The summed E-state index contributed by atoms with van der Waals surface area (Å²) in [6, 6.07) is 5.78. The molecule has 30 heavy (non-hydrogen) atoms. The van der Waals surface area contributed by atoms with E-state index in [0.29, 0.717) is 11.7 Å². The van der Waals surface area contributed by atoms with Gasteiger partial charge in [0, 0.05) is 28.3 Å². The van der Waals surface area contributed by atoms with Crippen LogP contribution < -0.4 is 10.1 Å². The number of hydrogen-bond acceptors (Lipinski definition) is 4. The second-order valence-electron chi connectivity index (χ2n) is 8.84. The Bertz CT molecular complexity index is 938. The fraction of sp³-hybridized carbons (Fsp3) is 0.522. The fourth-order valence-corrected chi connectivity index (χ4v) is 5.09. The number of benzene rings is 1. The average molecular weight is 477 g/mol. The van der Waals surface area contributed by atoms with Crippen LogP contribution in [0.1, 0.15) is 66.8 Å². The first-order valence-corrected chi connectivity index (χ1v) is 11.2. The predicted molar refractivity (Wildman–Crippen MR) is 120 cm³/mol. The van der Waals surface area contributed by atoms with Crippen molar-refractivity contribution in [2.45, 2.75) is 50.8 Å². The van der Waals surface area contributed by atoms with Crippen LogP contribution in [0.15, 0.2) is 24.4 Å². The molecule has 1 saturated carbocycles. The van der Waals surface area contributed by atoms with Crippen LogP contribution in [-0.2, 0) is 4.79 Å². The van der Waals surface area contributed by atoms with Crippen LogP contribution in [0.25, 0.3) is 10.8 Å². The Morgan fingerprint density at radius 2 is 2.00 bits per heavy atom. The summed E-state index contributed by atoms with van der Waals surface area (Å²) in [5.41, 5.74) is 0.907. The lowest BCUT2D eigenvalue weighted by atomic mass is 9.89. The van der Waals surface area contributed by atoms with E-state index in [9.17, 15) is 9.59 Å². The lowest BCUT2D eigenvalue weighted by molar-refractivity contribution is -0.139. The molecule has 1 aromatic carbocycles. The zero-order valence-electron chi connectivity index (χ0n) is 17.7. The fourth-order valence-electron chi connectivity index (χ4n) is 4.16. The van der Waals surface area contributed by atoms with Crippen molar-refractivity contribution in [3.05, 3.63) is 35.7 Å². The van der Waals surface area contributed by atoms with Crippen LogP contribution in [0.2, 0.25) is 0 Å². The first-order valence-electron chi connectivity index (χ1n) is 10.3. The maximum Gasteiger partial charge on any atom is 0.303 e. The number of nitrogens with zero attached hydrogens (tertiary/aromatic N) is 1. The Hall–Kier alpha value is -2.15. The van der Waals surface area contributed by atoms with E-state index in [4.69, 9.17) is 9.84 Å². The van der Waals surface area contributed by atoms with Crippen molar-refractivity contribution in [2.75, 3.05) is 13.7 Å². The zero-order valence-corrected chi connectivity index (χ0v) is 19.3. The van der Waals surface area contributed by atoms with E-state index < -0.39 is 11.4 Å². The van der Waals surface area contributed by atoms with Crippen molar-refractivity contribution in [1.29, 1.82) is 0 Å². The lowest BCUT2D eigenvalue weighted by Crippen LogP contribution is -2.35. The topological polar surface area (TPSA) is 88.5 Å². The van der Waals surface area contributed by atoms with Crippen LogP contribution in [0.4, 0.5) is 0 Å². The highest BCUT2D eigenvalue weighted by atomic mass is 79.9. The highest BCUT2D eigenvalue weighted by Gasteiger charge is 2.27. The first-order chi connectivity index (χ1) is 14.2. The van der Waals surface area contributed by atoms with Crippen LogP contribution in [0, 0.1) is 11.3 Å². The highest BCUT2D eigenvalue weighted by molar-refractivity contribution is 9.09. The molecular formula is C23H29BrN2O4. The summed E-state index contributed by atoms with van der Waals surface area (Å²) in [5, 5.41) is 13.7. The molecule has 2 N–H and O–H groups in total. The number of carbonyl (C=O) groups is 2. The van der Waals surface area contributed by atoms with Crippen molar-refractivity contribution in [1.82, 2.24) is 10.3 Å². The second kappa shape index (κ2) is 9.33. The van der Waals surface area contributed by atoms with Gasteiger partial charge >= 0.3 is 5.97 Å². The molecule has 1 atom stereocenters. The summed E-state index contributed by atoms with van der Waals surface area (Å²) in [4.78, 5) is 28.3. The lowest BCUT2D eigenvalue weighted by Gasteiger charge is -2.23. The molecule has 1 fully saturated rings. The Kier molecular flexibility index (Phi) is 7.01. The van der Waals surface area contributed by atoms with E-state index in [1.54, 1.807) is 19.4 Å². The van der Waals surface area contributed by atoms with Crippen molar-refractivity contribution < 1.29 is 19.4 Å². The summed E-state index contributed by atoms with van der Waals surface area (Å²) in [6.07, 6.45) is 6.67. The number of pyridine rings is 1. The number of carboxylic acid groups (broad SMARTS) is 1. The monoisotopic (exact) mass is 476 g/mol. The van der Waals surface area contributed by atoms with Crippen LogP contribution >= 0.6 is 15.9 Å². The molecule has 7 heteroatoms. The van der Waals surface area contributed by atoms with Crippen molar-refractivity contribution in [3.63, 3.8) is 0 Å². The molecule has 2 aromatic rings. The summed E-state index contributed by atoms with van der Waals surface area (Å²) in [5.74, 6) is 0.0829. The van der Waals surface area contributed by atoms with Gasteiger partial charge in [-0.1, -0.05) is 48.7 Å². The molecule has 0 spiro atoms. The van der Waals surface area contributed by atoms with E-state index in [1.807, 2.05) is 19.9 Å². The smallest absolute Gasteiger partial charge is 0.303 e. The molecule has 0 aliphatic heterocycles. The van der Waals surface area contributed by atoms with Gasteiger partial charge in [-0.2, -0.15) is 0 Å². The third kappa shape index (κ3) is 5.12. The normalized spacial score (nSPS) is 15.9. The van der Waals surface area contributed by atoms with Gasteiger partial charge in [-0.3, -0.25) is 14.6 Å². The number of methoxy groups -OCH3 is 1. The quantitative estimate of drug-likeness (QED) is 0.517. The molecule has 1 unspecified atom stereocenters. The van der Waals surface area contributed by atoms with Gasteiger partial charge in [0.05, 0.1) is 13.5 Å². The van der Waals surface area contributed by atoms with Gasteiger partial charge in [-0.05, 0) is 41.9 Å². The van der Waals surface area contributed by atoms with Gasteiger partial charge in [0.15, 0.2) is 0 Å². The Morgan fingerprint density at radius 1 is 1.30 bits per heavy atom. The number of hydrogen-bond donors (Lipinski definition) is 2.